The van der Waals surface area contributed by atoms with E-state index in [1.54, 1.807) is 0 Å². The number of likely N-dealkylation sites (tertiary alicyclic amines) is 1. The van der Waals surface area contributed by atoms with Gasteiger partial charge in [-0.1, -0.05) is 0 Å². The van der Waals surface area contributed by atoms with Gasteiger partial charge in [0.15, 0.2) is 0 Å². The number of nitrogens with two attached hydrogens (primary N) is 1. The highest BCUT2D eigenvalue weighted by atomic mass is 16.2. The molecule has 0 saturated carbocycles. The van der Waals surface area contributed by atoms with Crippen LogP contribution in [0.2, 0.25) is 0 Å². The number of nitrogens with one attached hydrogen (secondary N) is 2. The molecule has 8 nitrogen and oxygen atoms in total. The first kappa shape index (κ1) is 14.4. The van der Waals surface area contributed by atoms with Gasteiger partial charge >= 0.3 is 0 Å². The Bertz CT molecular complexity index is 440. The maximum Gasteiger partial charge on any atom is 0.267 e. The summed E-state index contributed by atoms with van der Waals surface area (Å²) in [7, 11) is 0. The predicted octanol–water partition coefficient (Wildman–Crippen LogP) is -1.68. The summed E-state index contributed by atoms with van der Waals surface area (Å²) in [5.41, 5.74) is 7.82. The quantitative estimate of drug-likeness (QED) is 0.570. The standard InChI is InChI=1S/C12H19N5O3/c13-10(18)7-17-5-3-8(4-6-17)14-12(20)9-1-2-11(19)16-15-9/h8H,1-7H2,(H2,13,18)(H,14,20)(H,16,19). The number of hydrogen-bond acceptors (Lipinski definition) is 5. The zero-order valence-electron chi connectivity index (χ0n) is 11.2. The number of rotatable bonds is 4. The largest absolute Gasteiger partial charge is 0.369 e. The highest BCUT2D eigenvalue weighted by Crippen LogP contribution is 2.10. The van der Waals surface area contributed by atoms with Gasteiger partial charge in [0.05, 0.1) is 6.54 Å². The van der Waals surface area contributed by atoms with Crippen LogP contribution in [0.15, 0.2) is 5.10 Å². The van der Waals surface area contributed by atoms with Crippen LogP contribution in [0.5, 0.6) is 0 Å². The maximum absolute atomic E-state index is 12.0. The smallest absolute Gasteiger partial charge is 0.267 e. The summed E-state index contributed by atoms with van der Waals surface area (Å²) < 4.78 is 0. The van der Waals surface area contributed by atoms with Gasteiger partial charge in [-0.15, -0.1) is 0 Å². The molecular formula is C12H19N5O3. The van der Waals surface area contributed by atoms with Crippen molar-refractivity contribution in [2.75, 3.05) is 19.6 Å². The van der Waals surface area contributed by atoms with Crippen LogP contribution in [-0.2, 0) is 14.4 Å². The van der Waals surface area contributed by atoms with Crippen LogP contribution in [0.4, 0.5) is 0 Å². The summed E-state index contributed by atoms with van der Waals surface area (Å²) >= 11 is 0. The fraction of sp³-hybridized carbons (Fsp3) is 0.667. The number of nitrogens with zero attached hydrogens (tertiary/aromatic N) is 2. The third-order valence-corrected chi connectivity index (χ3v) is 3.47. The van der Waals surface area contributed by atoms with Crippen molar-refractivity contribution in [3.63, 3.8) is 0 Å². The minimum absolute atomic E-state index is 0.0759. The second kappa shape index (κ2) is 6.47. The lowest BCUT2D eigenvalue weighted by Gasteiger charge is -2.31. The maximum atomic E-state index is 12.0. The molecule has 110 valence electrons. The van der Waals surface area contributed by atoms with Gasteiger partial charge in [0, 0.05) is 32.0 Å². The minimum atomic E-state index is -0.334. The van der Waals surface area contributed by atoms with Crippen molar-refractivity contribution in [1.82, 2.24) is 15.6 Å². The molecule has 20 heavy (non-hydrogen) atoms. The van der Waals surface area contributed by atoms with Crippen molar-refractivity contribution in [2.24, 2.45) is 10.8 Å². The number of hydrogen-bond donors (Lipinski definition) is 3. The third kappa shape index (κ3) is 4.02. The number of piperidine rings is 1. The summed E-state index contributed by atoms with van der Waals surface area (Å²) in [6, 6.07) is 0.0759. The zero-order valence-corrected chi connectivity index (χ0v) is 11.2. The molecule has 0 aromatic carbocycles. The highest BCUT2D eigenvalue weighted by Gasteiger charge is 2.24. The van der Waals surface area contributed by atoms with Crippen LogP contribution < -0.4 is 16.5 Å². The van der Waals surface area contributed by atoms with Gasteiger partial charge in [0.25, 0.3) is 5.91 Å². The molecule has 2 heterocycles. The Morgan fingerprint density at radius 2 is 2.05 bits per heavy atom. The Morgan fingerprint density at radius 1 is 1.35 bits per heavy atom. The van der Waals surface area contributed by atoms with Crippen molar-refractivity contribution in [1.29, 1.82) is 0 Å². The first-order valence-electron chi connectivity index (χ1n) is 6.71. The summed E-state index contributed by atoms with van der Waals surface area (Å²) in [6.45, 7) is 1.73. The van der Waals surface area contributed by atoms with Crippen molar-refractivity contribution in [3.8, 4) is 0 Å². The Morgan fingerprint density at radius 3 is 2.60 bits per heavy atom. The van der Waals surface area contributed by atoms with E-state index >= 15 is 0 Å². The number of carbonyl (C=O) groups excluding carboxylic acids is 3. The van der Waals surface area contributed by atoms with Gasteiger partial charge < -0.3 is 11.1 Å². The topological polar surface area (TPSA) is 117 Å². The number of hydrazone groups is 1. The second-order valence-corrected chi connectivity index (χ2v) is 5.08. The molecule has 2 aliphatic heterocycles. The van der Waals surface area contributed by atoms with Crippen molar-refractivity contribution in [3.05, 3.63) is 0 Å². The summed E-state index contributed by atoms with van der Waals surface area (Å²) in [6.07, 6.45) is 2.22. The van der Waals surface area contributed by atoms with Crippen LogP contribution in [0.25, 0.3) is 0 Å². The van der Waals surface area contributed by atoms with Crippen LogP contribution in [0.3, 0.4) is 0 Å². The number of carbonyl (C=O) groups is 3. The van der Waals surface area contributed by atoms with E-state index in [2.05, 4.69) is 15.8 Å². The predicted molar refractivity (Wildman–Crippen MR) is 71.6 cm³/mol. The van der Waals surface area contributed by atoms with Gasteiger partial charge in [-0.3, -0.25) is 19.3 Å². The Kier molecular flexibility index (Phi) is 4.67. The van der Waals surface area contributed by atoms with E-state index < -0.39 is 0 Å². The second-order valence-electron chi connectivity index (χ2n) is 5.08. The molecule has 0 aromatic rings. The average Bonchev–Trinajstić information content (AvgIpc) is 2.41. The molecule has 0 unspecified atom stereocenters. The van der Waals surface area contributed by atoms with E-state index in [-0.39, 0.29) is 30.3 Å². The molecule has 4 N–H and O–H groups in total. The van der Waals surface area contributed by atoms with Crippen LogP contribution in [-0.4, -0.2) is 54.0 Å². The van der Waals surface area contributed by atoms with Crippen LogP contribution in [0.1, 0.15) is 25.7 Å². The lowest BCUT2D eigenvalue weighted by atomic mass is 10.0. The molecular weight excluding hydrogens is 262 g/mol. The zero-order chi connectivity index (χ0) is 14.5. The Hall–Kier alpha value is -1.96. The Labute approximate surface area is 116 Å². The Balaban J connectivity index is 1.76. The number of primary amides is 1. The van der Waals surface area contributed by atoms with Gasteiger partial charge in [0.2, 0.25) is 11.8 Å². The lowest BCUT2D eigenvalue weighted by Crippen LogP contribution is -2.48. The fourth-order valence-electron chi connectivity index (χ4n) is 2.36. The first-order chi connectivity index (χ1) is 9.54. The van der Waals surface area contributed by atoms with Gasteiger partial charge in [-0.25, -0.2) is 5.43 Å². The molecule has 3 amide bonds. The molecule has 1 saturated heterocycles. The molecule has 2 aliphatic rings. The SMILES string of the molecule is NC(=O)CN1CCC(NC(=O)C2=NNC(=O)CC2)CC1. The molecule has 1 fully saturated rings. The van der Waals surface area contributed by atoms with Crippen LogP contribution in [0, 0.1) is 0 Å². The van der Waals surface area contributed by atoms with E-state index in [9.17, 15) is 14.4 Å². The first-order valence-corrected chi connectivity index (χ1v) is 6.71. The summed E-state index contributed by atoms with van der Waals surface area (Å²) in [4.78, 5) is 35.7. The van der Waals surface area contributed by atoms with E-state index in [1.807, 2.05) is 4.90 Å². The van der Waals surface area contributed by atoms with Crippen molar-refractivity contribution < 1.29 is 14.4 Å². The monoisotopic (exact) mass is 281 g/mol. The average molecular weight is 281 g/mol. The number of amides is 3. The molecule has 0 radical (unpaired) electrons. The third-order valence-electron chi connectivity index (χ3n) is 3.47. The van der Waals surface area contributed by atoms with Crippen molar-refractivity contribution in [2.45, 2.75) is 31.7 Å². The summed E-state index contributed by atoms with van der Waals surface area (Å²) in [5.74, 6) is -0.723. The van der Waals surface area contributed by atoms with Gasteiger partial charge in [-0.2, -0.15) is 5.10 Å². The normalized spacial score (nSPS) is 21.0. The van der Waals surface area contributed by atoms with E-state index in [0.717, 1.165) is 25.9 Å². The fourth-order valence-corrected chi connectivity index (χ4v) is 2.36. The van der Waals surface area contributed by atoms with E-state index in [1.165, 1.54) is 0 Å². The molecule has 8 heteroatoms. The molecule has 0 aliphatic carbocycles. The minimum Gasteiger partial charge on any atom is -0.369 e. The molecule has 0 bridgehead atoms. The van der Waals surface area contributed by atoms with Gasteiger partial charge in [0.1, 0.15) is 5.71 Å². The molecule has 0 spiro atoms. The van der Waals surface area contributed by atoms with E-state index in [0.29, 0.717) is 18.6 Å². The van der Waals surface area contributed by atoms with Crippen molar-refractivity contribution >= 4 is 23.4 Å². The summed E-state index contributed by atoms with van der Waals surface area (Å²) in [5, 5.41) is 6.68. The van der Waals surface area contributed by atoms with E-state index in [4.69, 9.17) is 5.73 Å². The van der Waals surface area contributed by atoms with Gasteiger partial charge in [-0.05, 0) is 12.8 Å². The highest BCUT2D eigenvalue weighted by molar-refractivity contribution is 6.39. The molecule has 0 atom stereocenters. The molecule has 2 rings (SSSR count). The van der Waals surface area contributed by atoms with Crippen LogP contribution >= 0.6 is 0 Å². The molecule has 0 aromatic heterocycles. The lowest BCUT2D eigenvalue weighted by molar-refractivity contribution is -0.122.